The van der Waals surface area contributed by atoms with E-state index in [1.54, 1.807) is 24.1 Å². The monoisotopic (exact) mass is 602 g/mol. The van der Waals surface area contributed by atoms with Crippen molar-refractivity contribution < 1.29 is 18.9 Å². The number of rotatable bonds is 6. The summed E-state index contributed by atoms with van der Waals surface area (Å²) in [5.41, 5.74) is 1.52. The number of benzene rings is 1. The van der Waals surface area contributed by atoms with E-state index in [9.17, 15) is 0 Å². The predicted molar refractivity (Wildman–Crippen MR) is 146 cm³/mol. The van der Waals surface area contributed by atoms with E-state index < -0.39 is 36.1 Å². The van der Waals surface area contributed by atoms with Gasteiger partial charge in [0.25, 0.3) is 5.82 Å². The lowest BCUT2D eigenvalue weighted by molar-refractivity contribution is -0.308. The van der Waals surface area contributed by atoms with Crippen molar-refractivity contribution in [2.45, 2.75) is 41.0 Å². The number of halogens is 2. The number of ether oxygens (including phenoxy) is 4. The van der Waals surface area contributed by atoms with Crippen LogP contribution in [0.15, 0.2) is 59.1 Å². The molecule has 2 aliphatic heterocycles. The van der Waals surface area contributed by atoms with Gasteiger partial charge < -0.3 is 23.8 Å². The molecule has 0 saturated carbocycles. The van der Waals surface area contributed by atoms with Crippen LogP contribution in [0.3, 0.4) is 0 Å². The minimum Gasteiger partial charge on any atom is -0.375 e. The van der Waals surface area contributed by atoms with Gasteiger partial charge in [-0.15, -0.1) is 33.2 Å². The second-order valence-corrected chi connectivity index (χ2v) is 11.7. The van der Waals surface area contributed by atoms with Crippen molar-refractivity contribution in [1.82, 2.24) is 25.0 Å². The van der Waals surface area contributed by atoms with E-state index in [0.29, 0.717) is 25.8 Å². The lowest BCUT2D eigenvalue weighted by Crippen LogP contribution is -2.59. The number of pyridine rings is 1. The van der Waals surface area contributed by atoms with Crippen molar-refractivity contribution >= 4 is 52.1 Å². The van der Waals surface area contributed by atoms with E-state index >= 15 is 0 Å². The van der Waals surface area contributed by atoms with Crippen molar-refractivity contribution in [3.8, 4) is 11.4 Å². The van der Waals surface area contributed by atoms with E-state index in [-0.39, 0.29) is 12.4 Å². The Morgan fingerprint density at radius 2 is 2.05 bits per heavy atom. The van der Waals surface area contributed by atoms with Crippen LogP contribution in [-0.2, 0) is 18.9 Å². The van der Waals surface area contributed by atoms with Gasteiger partial charge in [0, 0.05) is 22.9 Å². The molecule has 5 heterocycles. The third kappa shape index (κ3) is 5.41. The molecule has 10 nitrogen and oxygen atoms in total. The predicted octanol–water partition coefficient (Wildman–Crippen LogP) is 5.84. The molecule has 2 saturated heterocycles. The summed E-state index contributed by atoms with van der Waals surface area (Å²) in [5, 5.41) is 11.0. The summed E-state index contributed by atoms with van der Waals surface area (Å²) in [5.74, 6) is 0.227. The third-order valence-electron chi connectivity index (χ3n) is 6.36. The summed E-state index contributed by atoms with van der Waals surface area (Å²) in [6.07, 6.45) is 1.15. The molecule has 14 heteroatoms. The normalized spacial score (nSPS) is 26.6. The average Bonchev–Trinajstić information content (AvgIpc) is 3.62. The molecule has 2 fully saturated rings. The molecule has 200 valence electrons. The largest absolute Gasteiger partial charge is 0.375 e. The number of nitrogens with zero attached hydrogens (tertiary/aromatic N) is 6. The molecule has 0 N–H and O–H groups in total. The highest BCUT2D eigenvalue weighted by Crippen LogP contribution is 2.46. The van der Waals surface area contributed by atoms with Crippen LogP contribution in [0.25, 0.3) is 16.2 Å². The minimum absolute atomic E-state index is 0.227. The van der Waals surface area contributed by atoms with Crippen molar-refractivity contribution in [2.75, 3.05) is 13.7 Å². The molecule has 6 rings (SSSR count). The maximum atomic E-state index is 7.54. The summed E-state index contributed by atoms with van der Waals surface area (Å²) >= 11 is 14.9. The van der Waals surface area contributed by atoms with Gasteiger partial charge in [0.1, 0.15) is 47.4 Å². The van der Waals surface area contributed by atoms with Crippen LogP contribution in [0.4, 0.5) is 5.82 Å². The second kappa shape index (κ2) is 11.5. The average molecular weight is 604 g/mol. The molecule has 0 amide bonds. The maximum Gasteiger partial charge on any atom is 0.283 e. The SMILES string of the molecule is [C-]#[N+]c1ncc(Cl)cc1S[C@H]1OC2COC(c3ccccc3)O[C@@H]2[C@H](n2cc(-c3csc(Cl)n3)nn2)C1OC. The number of hydrogen-bond donors (Lipinski definition) is 0. The number of thiazole rings is 1. The van der Waals surface area contributed by atoms with Gasteiger partial charge in [0.05, 0.1) is 17.8 Å². The van der Waals surface area contributed by atoms with Crippen LogP contribution in [-0.4, -0.2) is 62.4 Å². The van der Waals surface area contributed by atoms with Crippen molar-refractivity contribution in [1.29, 1.82) is 0 Å². The van der Waals surface area contributed by atoms with Gasteiger partial charge in [-0.3, -0.25) is 0 Å². The van der Waals surface area contributed by atoms with Crippen LogP contribution in [0, 0.1) is 6.57 Å². The number of thioether (sulfide) groups is 1. The van der Waals surface area contributed by atoms with Crippen molar-refractivity contribution in [3.63, 3.8) is 0 Å². The van der Waals surface area contributed by atoms with Gasteiger partial charge >= 0.3 is 0 Å². The first-order chi connectivity index (χ1) is 19.0. The summed E-state index contributed by atoms with van der Waals surface area (Å²) in [4.78, 5) is 12.6. The highest BCUT2D eigenvalue weighted by molar-refractivity contribution is 8.00. The van der Waals surface area contributed by atoms with Gasteiger partial charge in [0.15, 0.2) is 10.8 Å². The Bertz CT molecular complexity index is 1500. The lowest BCUT2D eigenvalue weighted by Gasteiger charge is -2.48. The molecule has 1 aromatic carbocycles. The molecular weight excluding hydrogens is 583 g/mol. The fraction of sp³-hybridized carbons (Fsp3) is 0.320. The zero-order valence-electron chi connectivity index (χ0n) is 20.3. The highest BCUT2D eigenvalue weighted by Gasteiger charge is 2.52. The quantitative estimate of drug-likeness (QED) is 0.252. The fourth-order valence-electron chi connectivity index (χ4n) is 4.61. The minimum atomic E-state index is -0.591. The molecule has 0 spiro atoms. The zero-order chi connectivity index (χ0) is 26.9. The van der Waals surface area contributed by atoms with Crippen LogP contribution < -0.4 is 0 Å². The molecule has 0 bridgehead atoms. The first-order valence-corrected chi connectivity index (χ1v) is 14.3. The molecule has 0 radical (unpaired) electrons. The number of hydrogen-bond acceptors (Lipinski definition) is 10. The maximum absolute atomic E-state index is 7.54. The van der Waals surface area contributed by atoms with E-state index in [0.717, 1.165) is 5.56 Å². The van der Waals surface area contributed by atoms with E-state index in [4.69, 9.17) is 48.7 Å². The molecule has 6 atom stereocenters. The van der Waals surface area contributed by atoms with Gasteiger partial charge in [-0.1, -0.05) is 65.3 Å². The molecule has 39 heavy (non-hydrogen) atoms. The van der Waals surface area contributed by atoms with E-state index in [2.05, 4.69) is 25.1 Å². The molecule has 3 aromatic heterocycles. The summed E-state index contributed by atoms with van der Waals surface area (Å²) in [6, 6.07) is 11.0. The Kier molecular flexibility index (Phi) is 7.84. The Hall–Kier alpha value is -2.60. The Morgan fingerprint density at radius 3 is 2.79 bits per heavy atom. The van der Waals surface area contributed by atoms with Crippen LogP contribution in [0.5, 0.6) is 0 Å². The molecular formula is C25H20Cl2N6O4S2. The number of methoxy groups -OCH3 is 1. The van der Waals surface area contributed by atoms with Crippen LogP contribution in [0.1, 0.15) is 17.9 Å². The standard InChI is InChI=1S/C25H20Cl2N6O4S2/c1-28-22-18(8-14(26)9-29-22)39-24-21(34-2)19(33-10-15(31-32-33)16-12-38-25(27)30-16)20-17(36-24)11-35-23(37-20)13-6-4-3-5-7-13/h3-10,12,17,19-21,23-24H,11H2,2H3/t17?,19-,20-,21?,23?,24+/m0/s1. The molecule has 0 aliphatic carbocycles. The summed E-state index contributed by atoms with van der Waals surface area (Å²) in [7, 11) is 1.60. The number of aromatic nitrogens is 5. The van der Waals surface area contributed by atoms with Gasteiger partial charge in [-0.2, -0.15) is 0 Å². The molecule has 3 unspecified atom stereocenters. The topological polar surface area (TPSA) is 97.8 Å². The van der Waals surface area contributed by atoms with Crippen LogP contribution >= 0.6 is 46.3 Å². The van der Waals surface area contributed by atoms with E-state index in [1.165, 1.54) is 29.3 Å². The lowest BCUT2D eigenvalue weighted by atomic mass is 9.95. The Morgan fingerprint density at radius 1 is 1.21 bits per heavy atom. The Balaban J connectivity index is 1.37. The zero-order valence-corrected chi connectivity index (χ0v) is 23.4. The summed E-state index contributed by atoms with van der Waals surface area (Å²) < 4.78 is 27.3. The first kappa shape index (κ1) is 26.6. The highest BCUT2D eigenvalue weighted by atomic mass is 35.5. The fourth-order valence-corrected chi connectivity index (χ4v) is 6.85. The first-order valence-electron chi connectivity index (χ1n) is 11.8. The molecule has 4 aromatic rings. The van der Waals surface area contributed by atoms with E-state index in [1.807, 2.05) is 35.7 Å². The Labute approximate surface area is 242 Å². The van der Waals surface area contributed by atoms with Crippen LogP contribution in [0.2, 0.25) is 9.49 Å². The molecule has 2 aliphatic rings. The number of fused-ring (bicyclic) bond motifs is 1. The third-order valence-corrected chi connectivity index (χ3v) is 8.71. The smallest absolute Gasteiger partial charge is 0.283 e. The van der Waals surface area contributed by atoms with Gasteiger partial charge in [-0.25, -0.2) is 9.67 Å². The second-order valence-electron chi connectivity index (χ2n) is 8.68. The van der Waals surface area contributed by atoms with Crippen molar-refractivity contribution in [3.05, 3.63) is 80.6 Å². The van der Waals surface area contributed by atoms with Crippen molar-refractivity contribution in [2.24, 2.45) is 0 Å². The van der Waals surface area contributed by atoms with Gasteiger partial charge in [-0.05, 0) is 6.07 Å². The summed E-state index contributed by atoms with van der Waals surface area (Å²) in [6.45, 7) is 7.81. The van der Waals surface area contributed by atoms with Gasteiger partial charge in [0.2, 0.25) is 0 Å².